The summed E-state index contributed by atoms with van der Waals surface area (Å²) in [6, 6.07) is 0. The van der Waals surface area contributed by atoms with Gasteiger partial charge in [0.05, 0.1) is 13.7 Å². The van der Waals surface area contributed by atoms with Gasteiger partial charge in [0.15, 0.2) is 8.32 Å². The molecule has 1 heterocycles. The summed E-state index contributed by atoms with van der Waals surface area (Å²) in [5, 5.41) is -0.790. The van der Waals surface area contributed by atoms with E-state index in [2.05, 4.69) is 67.7 Å². The maximum absolute atomic E-state index is 12.7. The van der Waals surface area contributed by atoms with Crippen molar-refractivity contribution in [3.63, 3.8) is 0 Å². The van der Waals surface area contributed by atoms with E-state index in [9.17, 15) is 9.59 Å². The van der Waals surface area contributed by atoms with E-state index < -0.39 is 45.2 Å². The summed E-state index contributed by atoms with van der Waals surface area (Å²) in [7, 11) is -3.07. The number of hydrogen-bond donors (Lipinski definition) is 0. The molecule has 1 aliphatic rings. The molecule has 0 radical (unpaired) electrons. The van der Waals surface area contributed by atoms with Gasteiger partial charge in [0.2, 0.25) is 8.32 Å². The first-order valence-electron chi connectivity index (χ1n) is 10.9. The van der Waals surface area contributed by atoms with Crippen molar-refractivity contribution in [2.24, 2.45) is 5.92 Å². The molecule has 180 valence electrons. The van der Waals surface area contributed by atoms with Crippen LogP contribution < -0.4 is 0 Å². The van der Waals surface area contributed by atoms with Crippen molar-refractivity contribution in [1.29, 1.82) is 0 Å². The molecule has 0 spiro atoms. The summed E-state index contributed by atoms with van der Waals surface area (Å²) in [5.41, 5.74) is -0.481. The predicted octanol–water partition coefficient (Wildman–Crippen LogP) is 5.71. The van der Waals surface area contributed by atoms with Crippen molar-refractivity contribution in [2.45, 2.75) is 95.4 Å². The van der Waals surface area contributed by atoms with Gasteiger partial charge in [0.25, 0.3) is 0 Å². The van der Waals surface area contributed by atoms with E-state index >= 15 is 0 Å². The zero-order valence-electron chi connectivity index (χ0n) is 21.4. The lowest BCUT2D eigenvalue weighted by atomic mass is 10.0. The minimum absolute atomic E-state index is 0.0196. The molecule has 1 rings (SSSR count). The second-order valence-corrected chi connectivity index (χ2v) is 21.7. The Morgan fingerprint density at radius 3 is 1.90 bits per heavy atom. The lowest BCUT2D eigenvalue weighted by Gasteiger charge is -2.45. The fraction of sp³-hybridized carbons (Fsp3) is 0.818. The Hall–Kier alpha value is -0.776. The third-order valence-electron chi connectivity index (χ3n) is 6.55. The number of ether oxygens (including phenoxy) is 2. The molecule has 0 unspecified atom stereocenters. The minimum Gasteiger partial charge on any atom is -0.544 e. The third kappa shape index (κ3) is 6.85. The SMILES string of the molecule is CCOC(=O)[C@@H]1S[C@H](O[Si](C)(C)C(C)(C)C)C(O[Si](C)(C)C(C)(C)C)=C[C@@H]1C(=O)OC. The summed E-state index contributed by atoms with van der Waals surface area (Å²) in [6.07, 6.45) is 1.74. The van der Waals surface area contributed by atoms with E-state index in [1.807, 2.05) is 0 Å². The van der Waals surface area contributed by atoms with Crippen LogP contribution in [0.2, 0.25) is 36.3 Å². The normalized spacial score (nSPS) is 23.1. The van der Waals surface area contributed by atoms with Gasteiger partial charge in [-0.3, -0.25) is 9.59 Å². The Morgan fingerprint density at radius 1 is 0.968 bits per heavy atom. The average molecular weight is 491 g/mol. The van der Waals surface area contributed by atoms with Crippen LogP contribution in [-0.2, 0) is 27.9 Å². The molecule has 3 atom stereocenters. The Morgan fingerprint density at radius 2 is 1.48 bits per heavy atom. The first kappa shape index (κ1) is 28.3. The van der Waals surface area contributed by atoms with E-state index in [0.29, 0.717) is 5.76 Å². The van der Waals surface area contributed by atoms with Crippen molar-refractivity contribution in [2.75, 3.05) is 13.7 Å². The van der Waals surface area contributed by atoms with Crippen molar-refractivity contribution in [3.05, 3.63) is 11.8 Å². The molecule has 9 heteroatoms. The summed E-state index contributed by atoms with van der Waals surface area (Å²) in [4.78, 5) is 25.3. The van der Waals surface area contributed by atoms with Gasteiger partial charge in [0.1, 0.15) is 22.4 Å². The summed E-state index contributed by atoms with van der Waals surface area (Å²) < 4.78 is 23.6. The summed E-state index contributed by atoms with van der Waals surface area (Å²) in [5.74, 6) is -1.08. The number of thioether (sulfide) groups is 1. The molecule has 1 aliphatic heterocycles. The van der Waals surface area contributed by atoms with Gasteiger partial charge in [-0.15, -0.1) is 11.8 Å². The van der Waals surface area contributed by atoms with E-state index in [1.54, 1.807) is 13.0 Å². The molecular formula is C22H42O6SSi2. The van der Waals surface area contributed by atoms with E-state index in [0.717, 1.165) is 0 Å². The number of rotatable bonds is 7. The number of hydrogen-bond acceptors (Lipinski definition) is 7. The van der Waals surface area contributed by atoms with Gasteiger partial charge in [-0.05, 0) is 49.3 Å². The lowest BCUT2D eigenvalue weighted by Crippen LogP contribution is -2.49. The van der Waals surface area contributed by atoms with Gasteiger partial charge in [0, 0.05) is 0 Å². The van der Waals surface area contributed by atoms with Crippen LogP contribution in [-0.4, -0.2) is 53.0 Å². The van der Waals surface area contributed by atoms with Crippen molar-refractivity contribution >= 4 is 40.3 Å². The van der Waals surface area contributed by atoms with Gasteiger partial charge >= 0.3 is 11.9 Å². The molecule has 0 N–H and O–H groups in total. The molecule has 0 amide bonds. The van der Waals surface area contributed by atoms with E-state index in [-0.39, 0.29) is 16.7 Å². The lowest BCUT2D eigenvalue weighted by molar-refractivity contribution is -0.151. The van der Waals surface area contributed by atoms with Crippen LogP contribution in [0.15, 0.2) is 11.8 Å². The summed E-state index contributed by atoms with van der Waals surface area (Å²) in [6.45, 7) is 23.7. The van der Waals surface area contributed by atoms with E-state index in [4.69, 9.17) is 18.3 Å². The fourth-order valence-corrected chi connectivity index (χ4v) is 6.61. The van der Waals surface area contributed by atoms with Gasteiger partial charge in [-0.1, -0.05) is 41.5 Å². The highest BCUT2D eigenvalue weighted by molar-refractivity contribution is 8.01. The number of methoxy groups -OCH3 is 1. The molecule has 0 fully saturated rings. The van der Waals surface area contributed by atoms with Crippen molar-refractivity contribution in [1.82, 2.24) is 0 Å². The van der Waals surface area contributed by atoms with Crippen LogP contribution in [0.4, 0.5) is 0 Å². The van der Waals surface area contributed by atoms with Crippen LogP contribution in [0.5, 0.6) is 0 Å². The number of carbonyl (C=O) groups is 2. The average Bonchev–Trinajstić information content (AvgIpc) is 2.59. The molecule has 0 saturated carbocycles. The molecule has 0 aromatic carbocycles. The topological polar surface area (TPSA) is 71.1 Å². The maximum atomic E-state index is 12.7. The molecule has 6 nitrogen and oxygen atoms in total. The second-order valence-electron chi connectivity index (χ2n) is 11.0. The largest absolute Gasteiger partial charge is 0.544 e. The molecule has 0 bridgehead atoms. The van der Waals surface area contributed by atoms with Gasteiger partial charge in [-0.2, -0.15) is 0 Å². The van der Waals surface area contributed by atoms with E-state index in [1.165, 1.54) is 18.9 Å². The third-order valence-corrected chi connectivity index (χ3v) is 16.9. The molecule has 0 aromatic heterocycles. The molecule has 0 aromatic rings. The first-order valence-corrected chi connectivity index (χ1v) is 17.6. The van der Waals surface area contributed by atoms with Crippen molar-refractivity contribution in [3.8, 4) is 0 Å². The van der Waals surface area contributed by atoms with Crippen LogP contribution in [0.25, 0.3) is 0 Å². The zero-order valence-corrected chi connectivity index (χ0v) is 24.2. The Bertz CT molecular complexity index is 691. The zero-order chi connectivity index (χ0) is 24.4. The van der Waals surface area contributed by atoms with Crippen LogP contribution in [0, 0.1) is 5.92 Å². The quantitative estimate of drug-likeness (QED) is 0.334. The second kappa shape index (κ2) is 10.0. The van der Waals surface area contributed by atoms with Crippen molar-refractivity contribution < 1.29 is 27.9 Å². The molecule has 31 heavy (non-hydrogen) atoms. The molecular weight excluding hydrogens is 448 g/mol. The Balaban J connectivity index is 3.50. The highest BCUT2D eigenvalue weighted by atomic mass is 32.2. The monoisotopic (exact) mass is 490 g/mol. The number of esters is 2. The number of carbonyl (C=O) groups excluding carboxylic acids is 2. The van der Waals surface area contributed by atoms with Gasteiger partial charge < -0.3 is 18.3 Å². The Labute approximate surface area is 195 Å². The summed E-state index contributed by atoms with van der Waals surface area (Å²) >= 11 is 1.30. The van der Waals surface area contributed by atoms with Crippen LogP contribution >= 0.6 is 11.8 Å². The molecule has 0 saturated heterocycles. The minimum atomic E-state index is -2.21. The van der Waals surface area contributed by atoms with Gasteiger partial charge in [-0.25, -0.2) is 0 Å². The highest BCUT2D eigenvalue weighted by Gasteiger charge is 2.49. The first-order chi connectivity index (χ1) is 13.9. The van der Waals surface area contributed by atoms with Crippen LogP contribution in [0.1, 0.15) is 48.5 Å². The van der Waals surface area contributed by atoms with Crippen LogP contribution in [0.3, 0.4) is 0 Å². The maximum Gasteiger partial charge on any atom is 0.320 e. The standard InChI is InChI=1S/C22H42O6SSi2/c1-13-26-19(24)17-15(18(23)25-8)14-16(27-30(9,10)21(2,3)4)20(29-17)28-31(11,12)22(5,6)7/h14-15,17,20H,13H2,1-12H3/t15-,17+,20-/m0/s1. The Kier molecular flexibility index (Phi) is 9.12. The molecule has 0 aliphatic carbocycles. The smallest absolute Gasteiger partial charge is 0.320 e. The predicted molar refractivity (Wildman–Crippen MR) is 132 cm³/mol. The highest BCUT2D eigenvalue weighted by Crippen LogP contribution is 2.47. The fourth-order valence-electron chi connectivity index (χ4n) is 2.44.